The van der Waals surface area contributed by atoms with Gasteiger partial charge < -0.3 is 32.5 Å². The van der Waals surface area contributed by atoms with E-state index in [0.29, 0.717) is 5.75 Å². The van der Waals surface area contributed by atoms with E-state index >= 15 is 0 Å². The van der Waals surface area contributed by atoms with E-state index in [9.17, 15) is 15.3 Å². The number of aromatic hydroxyl groups is 3. The van der Waals surface area contributed by atoms with Gasteiger partial charge in [-0.25, -0.2) is 0 Å². The number of hydrogen-bond acceptors (Lipinski definition) is 4. The van der Waals surface area contributed by atoms with Crippen molar-refractivity contribution < 1.29 is 37.0 Å². The van der Waals surface area contributed by atoms with E-state index in [0.717, 1.165) is 40.6 Å². The summed E-state index contributed by atoms with van der Waals surface area (Å²) in [6, 6.07) is 8.80. The number of benzene rings is 2. The molecule has 3 aromatic rings. The lowest BCUT2D eigenvalue weighted by atomic mass is 9.95. The van der Waals surface area contributed by atoms with Crippen LogP contribution < -0.4 is 21.7 Å². The first kappa shape index (κ1) is 16.2. The minimum Gasteiger partial charge on any atom is -1.00 e. The van der Waals surface area contributed by atoms with Crippen LogP contribution in [0.1, 0.15) is 5.56 Å². The lowest BCUT2D eigenvalue weighted by Gasteiger charge is -2.16. The Bertz CT molecular complexity index is 956. The molecule has 1 aliphatic rings. The van der Waals surface area contributed by atoms with Crippen molar-refractivity contribution in [1.82, 2.24) is 0 Å². The largest absolute Gasteiger partial charge is 1.00 e. The van der Waals surface area contributed by atoms with Crippen LogP contribution in [0.4, 0.5) is 0 Å². The molecular formula is C18H16ClNO4. The van der Waals surface area contributed by atoms with E-state index in [4.69, 9.17) is 4.74 Å². The average Bonchev–Trinajstić information content (AvgIpc) is 2.55. The first-order valence-electron chi connectivity index (χ1n) is 7.37. The molecule has 0 bridgehead atoms. The zero-order valence-corrected chi connectivity index (χ0v) is 13.7. The summed E-state index contributed by atoms with van der Waals surface area (Å²) in [6.07, 6.45) is 2.65. The summed E-state index contributed by atoms with van der Waals surface area (Å²) in [5.74, 6) is 0.340. The van der Waals surface area contributed by atoms with Crippen LogP contribution in [0, 0.1) is 0 Å². The van der Waals surface area contributed by atoms with Crippen LogP contribution in [0.15, 0.2) is 36.5 Å². The summed E-state index contributed by atoms with van der Waals surface area (Å²) >= 11 is 0. The van der Waals surface area contributed by atoms with Gasteiger partial charge in [0.25, 0.3) is 0 Å². The van der Waals surface area contributed by atoms with Gasteiger partial charge >= 0.3 is 0 Å². The standard InChI is InChI=1S/C18H15NO4.ClH/c1-23-17-3-2-10-6-14-12-8-16(21)15(20)7-11(12)4-5-19(14)9-13(10)18(17)22;/h2-3,6-9H,4-5H2,1H3,(H2,20,21,22);1H. The number of methoxy groups -OCH3 is 1. The Morgan fingerprint density at radius 3 is 2.54 bits per heavy atom. The number of fused-ring (bicyclic) bond motifs is 4. The molecule has 5 nitrogen and oxygen atoms in total. The van der Waals surface area contributed by atoms with Gasteiger partial charge in [-0.05, 0) is 35.2 Å². The SMILES string of the molecule is COc1ccc2cc3[n+](cc2c1O)CCc1cc(O)c(O)cc1-3.[Cl-]. The molecule has 0 atom stereocenters. The maximum atomic E-state index is 10.3. The van der Waals surface area contributed by atoms with Crippen molar-refractivity contribution in [2.45, 2.75) is 13.0 Å². The van der Waals surface area contributed by atoms with Crippen molar-refractivity contribution in [2.75, 3.05) is 7.11 Å². The van der Waals surface area contributed by atoms with Crippen molar-refractivity contribution >= 4 is 10.8 Å². The summed E-state index contributed by atoms with van der Waals surface area (Å²) in [5.41, 5.74) is 2.83. The van der Waals surface area contributed by atoms with Crippen molar-refractivity contribution in [2.24, 2.45) is 0 Å². The average molecular weight is 346 g/mol. The monoisotopic (exact) mass is 345 g/mol. The summed E-state index contributed by atoms with van der Waals surface area (Å²) in [7, 11) is 1.53. The van der Waals surface area contributed by atoms with Crippen molar-refractivity contribution in [3.8, 4) is 34.3 Å². The number of phenolic OH excluding ortho intramolecular Hbond substituents is 3. The third-order valence-electron chi connectivity index (χ3n) is 4.42. The highest BCUT2D eigenvalue weighted by atomic mass is 35.5. The zero-order valence-electron chi connectivity index (χ0n) is 13.0. The van der Waals surface area contributed by atoms with Crippen molar-refractivity contribution in [1.29, 1.82) is 0 Å². The molecule has 0 saturated heterocycles. The van der Waals surface area contributed by atoms with Gasteiger partial charge in [0.1, 0.15) is 0 Å². The number of rotatable bonds is 1. The molecule has 0 unspecified atom stereocenters. The highest BCUT2D eigenvalue weighted by Gasteiger charge is 2.26. The van der Waals surface area contributed by atoms with E-state index in [2.05, 4.69) is 0 Å². The number of phenols is 3. The third-order valence-corrected chi connectivity index (χ3v) is 4.42. The summed E-state index contributed by atoms with van der Waals surface area (Å²) in [5, 5.41) is 31.4. The fraction of sp³-hybridized carbons (Fsp3) is 0.167. The molecule has 0 saturated carbocycles. The maximum Gasteiger partial charge on any atom is 0.213 e. The molecule has 0 aliphatic carbocycles. The van der Waals surface area contributed by atoms with Crippen LogP contribution >= 0.6 is 0 Å². The highest BCUT2D eigenvalue weighted by Crippen LogP contribution is 2.38. The summed E-state index contributed by atoms with van der Waals surface area (Å²) in [4.78, 5) is 0. The van der Waals surface area contributed by atoms with Gasteiger partial charge in [0.2, 0.25) is 5.69 Å². The normalized spacial score (nSPS) is 12.2. The molecule has 0 spiro atoms. The number of halogens is 1. The van der Waals surface area contributed by atoms with Crippen LogP contribution in [0.3, 0.4) is 0 Å². The van der Waals surface area contributed by atoms with Crippen molar-refractivity contribution in [3.05, 3.63) is 42.1 Å². The molecule has 4 rings (SSSR count). The predicted molar refractivity (Wildman–Crippen MR) is 84.8 cm³/mol. The molecule has 2 heterocycles. The number of nitrogens with zero attached hydrogens (tertiary/aromatic N) is 1. The first-order chi connectivity index (χ1) is 11.1. The van der Waals surface area contributed by atoms with Gasteiger partial charge in [-0.15, -0.1) is 0 Å². The molecule has 3 N–H and O–H groups in total. The number of ether oxygens (including phenoxy) is 1. The van der Waals surface area contributed by atoms with E-state index < -0.39 is 0 Å². The van der Waals surface area contributed by atoms with E-state index in [1.165, 1.54) is 7.11 Å². The Kier molecular flexibility index (Phi) is 3.89. The zero-order chi connectivity index (χ0) is 16.1. The molecule has 0 fully saturated rings. The lowest BCUT2D eigenvalue weighted by Crippen LogP contribution is -3.00. The molecule has 0 amide bonds. The van der Waals surface area contributed by atoms with Gasteiger partial charge in [0.05, 0.1) is 18.1 Å². The minimum atomic E-state index is -0.130. The van der Waals surface area contributed by atoms with Gasteiger partial charge in [-0.2, -0.15) is 4.57 Å². The smallest absolute Gasteiger partial charge is 0.213 e. The van der Waals surface area contributed by atoms with Gasteiger partial charge in [0.15, 0.2) is 35.7 Å². The molecule has 124 valence electrons. The molecule has 2 aromatic carbocycles. The molecule has 1 aliphatic heterocycles. The molecule has 6 heteroatoms. The second kappa shape index (κ2) is 5.76. The Balaban J connectivity index is 0.00000169. The van der Waals surface area contributed by atoms with Gasteiger partial charge in [-0.3, -0.25) is 0 Å². The number of hydrogen-bond donors (Lipinski definition) is 3. The first-order valence-corrected chi connectivity index (χ1v) is 7.37. The minimum absolute atomic E-state index is 0. The summed E-state index contributed by atoms with van der Waals surface area (Å²) in [6.45, 7) is 0.735. The Morgan fingerprint density at radius 2 is 1.79 bits per heavy atom. The van der Waals surface area contributed by atoms with E-state index in [1.807, 2.05) is 22.9 Å². The molecular weight excluding hydrogens is 330 g/mol. The highest BCUT2D eigenvalue weighted by molar-refractivity contribution is 5.91. The van der Waals surface area contributed by atoms with Gasteiger partial charge in [-0.1, -0.05) is 0 Å². The van der Waals surface area contributed by atoms with Crippen LogP contribution in [0.5, 0.6) is 23.0 Å². The van der Waals surface area contributed by atoms with Crippen LogP contribution in [-0.2, 0) is 13.0 Å². The number of pyridine rings is 1. The fourth-order valence-corrected chi connectivity index (χ4v) is 3.21. The van der Waals surface area contributed by atoms with E-state index in [-0.39, 0.29) is 29.7 Å². The van der Waals surface area contributed by atoms with Crippen molar-refractivity contribution in [3.63, 3.8) is 0 Å². The molecule has 0 radical (unpaired) electrons. The Hall–Kier alpha value is -2.66. The van der Waals surface area contributed by atoms with E-state index in [1.54, 1.807) is 18.2 Å². The predicted octanol–water partition coefficient (Wildman–Crippen LogP) is -0.520. The van der Waals surface area contributed by atoms with Crippen LogP contribution in [0.2, 0.25) is 0 Å². The third kappa shape index (κ3) is 2.29. The Labute approximate surface area is 144 Å². The second-order valence-corrected chi connectivity index (χ2v) is 5.72. The quantitative estimate of drug-likeness (QED) is 0.410. The topological polar surface area (TPSA) is 73.8 Å². The Morgan fingerprint density at radius 1 is 1.04 bits per heavy atom. The molecule has 24 heavy (non-hydrogen) atoms. The number of aryl methyl sites for hydroxylation is 2. The fourth-order valence-electron chi connectivity index (χ4n) is 3.21. The lowest BCUT2D eigenvalue weighted by molar-refractivity contribution is -0.686. The maximum absolute atomic E-state index is 10.3. The summed E-state index contributed by atoms with van der Waals surface area (Å²) < 4.78 is 7.20. The van der Waals surface area contributed by atoms with Crippen LogP contribution in [0.25, 0.3) is 22.0 Å². The van der Waals surface area contributed by atoms with Crippen LogP contribution in [-0.4, -0.2) is 22.4 Å². The molecule has 1 aromatic heterocycles. The van der Waals surface area contributed by atoms with Gasteiger partial charge in [0, 0.05) is 12.5 Å². The second-order valence-electron chi connectivity index (χ2n) is 5.72. The number of aromatic nitrogens is 1.